The molecule has 1 heterocycles. The van der Waals surface area contributed by atoms with Gasteiger partial charge < -0.3 is 40.3 Å². The minimum atomic E-state index is -1.57. The molecule has 7 unspecified atom stereocenters. The predicted molar refractivity (Wildman–Crippen MR) is 248 cm³/mol. The highest BCUT2D eigenvalue weighted by atomic mass is 16.7. The summed E-state index contributed by atoms with van der Waals surface area (Å²) in [5.41, 5.74) is 0. The quantitative estimate of drug-likeness (QED) is 0.0268. The SMILES string of the molecule is CC/C=C\C/C=C\C/C=C\C/C=C\C/C=C\C/C=C\C/C=C\C/C=C\CCCCC(=O)NC(COC1OC(CO)C(O)C(O)C1O)C(O)CCCCCCCCCCCC. The number of carbonyl (C=O) groups excluding carboxylic acids is 1. The lowest BCUT2D eigenvalue weighted by Gasteiger charge is -2.40. The smallest absolute Gasteiger partial charge is 0.220 e. The summed E-state index contributed by atoms with van der Waals surface area (Å²) in [6.45, 7) is 3.65. The Balaban J connectivity index is 2.31. The molecule has 60 heavy (non-hydrogen) atoms. The number of carbonyl (C=O) groups is 1. The molecule has 0 saturated carbocycles. The van der Waals surface area contributed by atoms with Crippen molar-refractivity contribution in [1.82, 2.24) is 5.32 Å². The Morgan fingerprint density at radius 1 is 0.583 bits per heavy atom. The van der Waals surface area contributed by atoms with Gasteiger partial charge in [0.1, 0.15) is 24.4 Å². The molecular formula is C51H85NO8. The first kappa shape index (κ1) is 55.1. The van der Waals surface area contributed by atoms with E-state index in [1.807, 2.05) is 0 Å². The largest absolute Gasteiger partial charge is 0.394 e. The van der Waals surface area contributed by atoms with E-state index in [9.17, 15) is 30.3 Å². The molecule has 1 saturated heterocycles. The van der Waals surface area contributed by atoms with Gasteiger partial charge in [-0.05, 0) is 77.0 Å². The zero-order valence-electron chi connectivity index (χ0n) is 37.4. The van der Waals surface area contributed by atoms with Gasteiger partial charge in [0.15, 0.2) is 6.29 Å². The molecule has 1 aliphatic heterocycles. The molecule has 0 bridgehead atoms. The summed E-state index contributed by atoms with van der Waals surface area (Å²) >= 11 is 0. The lowest BCUT2D eigenvalue weighted by Crippen LogP contribution is -2.60. The normalized spacial score (nSPS) is 21.5. The third-order valence-electron chi connectivity index (χ3n) is 10.5. The number of aliphatic hydroxyl groups is 5. The van der Waals surface area contributed by atoms with E-state index in [0.29, 0.717) is 19.3 Å². The number of hydrogen-bond acceptors (Lipinski definition) is 8. The number of aliphatic hydroxyl groups excluding tert-OH is 5. The van der Waals surface area contributed by atoms with E-state index >= 15 is 0 Å². The summed E-state index contributed by atoms with van der Waals surface area (Å²) < 4.78 is 11.2. The Kier molecular flexibility index (Phi) is 36.9. The second kappa shape index (κ2) is 40.2. The Morgan fingerprint density at radius 2 is 1.03 bits per heavy atom. The van der Waals surface area contributed by atoms with Crippen LogP contribution in [0.15, 0.2) is 97.2 Å². The van der Waals surface area contributed by atoms with Crippen molar-refractivity contribution in [3.63, 3.8) is 0 Å². The average molecular weight is 840 g/mol. The van der Waals surface area contributed by atoms with Crippen LogP contribution in [-0.2, 0) is 14.3 Å². The first-order chi connectivity index (χ1) is 29.3. The molecule has 0 spiro atoms. The molecule has 1 rings (SSSR count). The van der Waals surface area contributed by atoms with Crippen molar-refractivity contribution < 1.29 is 39.8 Å². The van der Waals surface area contributed by atoms with Gasteiger partial charge in [-0.3, -0.25) is 4.79 Å². The van der Waals surface area contributed by atoms with Gasteiger partial charge in [0.25, 0.3) is 0 Å². The minimum Gasteiger partial charge on any atom is -0.394 e. The lowest BCUT2D eigenvalue weighted by molar-refractivity contribution is -0.302. The maximum absolute atomic E-state index is 12.9. The van der Waals surface area contributed by atoms with Crippen molar-refractivity contribution in [3.8, 4) is 0 Å². The molecule has 0 aromatic heterocycles. The third-order valence-corrected chi connectivity index (χ3v) is 10.5. The summed E-state index contributed by atoms with van der Waals surface area (Å²) in [6.07, 6.45) is 49.9. The number of rotatable bonds is 37. The standard InChI is InChI=1S/C51H85NO8/c1-3-5-7-9-11-13-15-16-17-18-19-20-21-22-23-24-25-26-27-28-29-30-31-33-35-37-39-41-47(55)52-44(43-59-51-50(58)49(57)48(56)46(42-53)60-51)45(54)40-38-36-34-32-14-12-10-8-6-4-2/h5,7,11,13,16-17,19-20,22-23,25-26,28-29,31,33,44-46,48-51,53-54,56-58H,3-4,6,8-10,12,14-15,18,21,24,27,30,32,34-43H2,1-2H3,(H,52,55)/b7-5-,13-11-,17-16-,20-19-,23-22-,26-25-,29-28-,33-31-. The van der Waals surface area contributed by atoms with Crippen LogP contribution in [0.2, 0.25) is 0 Å². The maximum Gasteiger partial charge on any atom is 0.220 e. The van der Waals surface area contributed by atoms with Crippen LogP contribution in [0.25, 0.3) is 0 Å². The van der Waals surface area contributed by atoms with E-state index in [2.05, 4.69) is 116 Å². The van der Waals surface area contributed by atoms with Gasteiger partial charge in [-0.25, -0.2) is 0 Å². The Morgan fingerprint density at radius 3 is 1.50 bits per heavy atom. The molecule has 0 aromatic rings. The Hall–Kier alpha value is -2.89. The van der Waals surface area contributed by atoms with Crippen LogP contribution in [0.1, 0.15) is 162 Å². The number of ether oxygens (including phenoxy) is 2. The van der Waals surface area contributed by atoms with Crippen molar-refractivity contribution in [2.45, 2.75) is 204 Å². The number of allylic oxidation sites excluding steroid dienone is 16. The summed E-state index contributed by atoms with van der Waals surface area (Å²) in [5, 5.41) is 54.2. The van der Waals surface area contributed by atoms with Gasteiger partial charge in [-0.15, -0.1) is 0 Å². The molecule has 0 radical (unpaired) electrons. The van der Waals surface area contributed by atoms with Crippen LogP contribution in [0.5, 0.6) is 0 Å². The molecule has 0 aliphatic carbocycles. The van der Waals surface area contributed by atoms with Crippen LogP contribution in [0.4, 0.5) is 0 Å². The van der Waals surface area contributed by atoms with Gasteiger partial charge in [0.05, 0.1) is 25.4 Å². The fourth-order valence-corrected chi connectivity index (χ4v) is 6.70. The van der Waals surface area contributed by atoms with Crippen LogP contribution in [-0.4, -0.2) is 87.5 Å². The summed E-state index contributed by atoms with van der Waals surface area (Å²) in [4.78, 5) is 12.9. The summed E-state index contributed by atoms with van der Waals surface area (Å²) in [5.74, 6) is -0.194. The predicted octanol–water partition coefficient (Wildman–Crippen LogP) is 10.1. The van der Waals surface area contributed by atoms with Gasteiger partial charge >= 0.3 is 0 Å². The molecular weight excluding hydrogens is 755 g/mol. The third kappa shape index (κ3) is 30.2. The first-order valence-corrected chi connectivity index (χ1v) is 23.4. The van der Waals surface area contributed by atoms with Crippen LogP contribution in [0.3, 0.4) is 0 Å². The summed E-state index contributed by atoms with van der Waals surface area (Å²) in [6, 6.07) is -0.747. The number of amides is 1. The van der Waals surface area contributed by atoms with E-state index in [1.165, 1.54) is 44.9 Å². The zero-order chi connectivity index (χ0) is 43.7. The van der Waals surface area contributed by atoms with E-state index < -0.39 is 49.5 Å². The highest BCUT2D eigenvalue weighted by Gasteiger charge is 2.44. The van der Waals surface area contributed by atoms with Gasteiger partial charge in [0.2, 0.25) is 5.91 Å². The summed E-state index contributed by atoms with van der Waals surface area (Å²) in [7, 11) is 0. The molecule has 0 aromatic carbocycles. The van der Waals surface area contributed by atoms with Crippen molar-refractivity contribution in [1.29, 1.82) is 0 Å². The Bertz CT molecular complexity index is 1250. The highest BCUT2D eigenvalue weighted by Crippen LogP contribution is 2.23. The fraction of sp³-hybridized carbons (Fsp3) is 0.667. The van der Waals surface area contributed by atoms with Crippen LogP contribution in [0, 0.1) is 0 Å². The van der Waals surface area contributed by atoms with Gasteiger partial charge in [-0.1, -0.05) is 175 Å². The number of hydrogen-bond donors (Lipinski definition) is 6. The number of unbranched alkanes of at least 4 members (excludes halogenated alkanes) is 11. The monoisotopic (exact) mass is 840 g/mol. The minimum absolute atomic E-state index is 0.163. The highest BCUT2D eigenvalue weighted by molar-refractivity contribution is 5.76. The van der Waals surface area contributed by atoms with E-state index in [1.54, 1.807) is 0 Å². The van der Waals surface area contributed by atoms with Crippen molar-refractivity contribution >= 4 is 5.91 Å². The topological polar surface area (TPSA) is 149 Å². The molecule has 9 heteroatoms. The molecule has 9 nitrogen and oxygen atoms in total. The molecule has 1 aliphatic rings. The molecule has 7 atom stereocenters. The zero-order valence-corrected chi connectivity index (χ0v) is 37.4. The fourth-order valence-electron chi connectivity index (χ4n) is 6.70. The molecule has 342 valence electrons. The van der Waals surface area contributed by atoms with Gasteiger partial charge in [0, 0.05) is 6.42 Å². The molecule has 1 fully saturated rings. The molecule has 1 amide bonds. The van der Waals surface area contributed by atoms with Crippen LogP contribution < -0.4 is 5.32 Å². The second-order valence-corrected chi connectivity index (χ2v) is 15.8. The maximum atomic E-state index is 12.9. The van der Waals surface area contributed by atoms with Gasteiger partial charge in [-0.2, -0.15) is 0 Å². The average Bonchev–Trinajstić information content (AvgIpc) is 3.25. The van der Waals surface area contributed by atoms with E-state index in [4.69, 9.17) is 9.47 Å². The van der Waals surface area contributed by atoms with Crippen molar-refractivity contribution in [2.75, 3.05) is 13.2 Å². The second-order valence-electron chi connectivity index (χ2n) is 15.8. The lowest BCUT2D eigenvalue weighted by atomic mass is 9.99. The molecule has 6 N–H and O–H groups in total. The number of nitrogens with one attached hydrogen (secondary N) is 1. The Labute approximate surface area is 364 Å². The first-order valence-electron chi connectivity index (χ1n) is 23.4. The van der Waals surface area contributed by atoms with Crippen molar-refractivity contribution in [3.05, 3.63) is 97.2 Å². The van der Waals surface area contributed by atoms with E-state index in [0.717, 1.165) is 83.5 Å². The van der Waals surface area contributed by atoms with Crippen molar-refractivity contribution in [2.24, 2.45) is 0 Å². The van der Waals surface area contributed by atoms with E-state index in [-0.39, 0.29) is 12.5 Å². The van der Waals surface area contributed by atoms with Crippen LogP contribution >= 0.6 is 0 Å².